The van der Waals surface area contributed by atoms with E-state index in [1.165, 1.54) is 23.6 Å². The van der Waals surface area contributed by atoms with Gasteiger partial charge in [0.15, 0.2) is 5.82 Å². The maximum Gasteiger partial charge on any atom is 0.277 e. The summed E-state index contributed by atoms with van der Waals surface area (Å²) < 4.78 is 57.8. The first-order chi connectivity index (χ1) is 18.6. The van der Waals surface area contributed by atoms with Crippen LogP contribution in [0.1, 0.15) is 39.9 Å². The maximum atomic E-state index is 14.0. The van der Waals surface area contributed by atoms with Crippen LogP contribution in [0.5, 0.6) is 5.75 Å². The van der Waals surface area contributed by atoms with E-state index in [1.807, 2.05) is 0 Å². The Labute approximate surface area is 224 Å². The van der Waals surface area contributed by atoms with Gasteiger partial charge >= 0.3 is 0 Å². The average molecular weight is 549 g/mol. The van der Waals surface area contributed by atoms with E-state index in [2.05, 4.69) is 15.0 Å². The number of primary amides is 1. The number of carbonyl (C=O) groups excluding carboxylic acids is 1. The summed E-state index contributed by atoms with van der Waals surface area (Å²) in [6, 6.07) is 3.16. The summed E-state index contributed by atoms with van der Waals surface area (Å²) in [5.41, 5.74) is 4.17. The number of amides is 1. The number of hydrogen-bond donors (Lipinski definition) is 1. The lowest BCUT2D eigenvalue weighted by molar-refractivity contribution is -0.122. The summed E-state index contributed by atoms with van der Waals surface area (Å²) in [5.74, 6) is -2.74. The molecule has 0 aliphatic carbocycles. The summed E-state index contributed by atoms with van der Waals surface area (Å²) in [6.07, 6.45) is 2.24. The van der Waals surface area contributed by atoms with Crippen molar-refractivity contribution in [2.45, 2.75) is 39.6 Å². The second kappa shape index (κ2) is 9.98. The van der Waals surface area contributed by atoms with Crippen LogP contribution in [0.2, 0.25) is 5.02 Å². The van der Waals surface area contributed by atoms with Gasteiger partial charge in [0.1, 0.15) is 33.9 Å². The molecule has 0 atom stereocenters. The van der Waals surface area contributed by atoms with E-state index in [1.54, 1.807) is 26.2 Å². The lowest BCUT2D eigenvalue weighted by Crippen LogP contribution is -2.35. The van der Waals surface area contributed by atoms with Crippen molar-refractivity contribution in [3.8, 4) is 22.8 Å². The molecule has 0 saturated heterocycles. The van der Waals surface area contributed by atoms with Gasteiger partial charge in [-0.25, -0.2) is 13.8 Å². The number of thiazole rings is 1. The molecule has 0 fully saturated rings. The van der Waals surface area contributed by atoms with Crippen molar-refractivity contribution in [1.29, 1.82) is 0 Å². The second-order valence-corrected chi connectivity index (χ2v) is 9.84. The molecule has 0 aromatic carbocycles. The topological polar surface area (TPSA) is 113 Å². The second-order valence-electron chi connectivity index (χ2n) is 8.60. The number of hydrogen-bond acceptors (Lipinski definition) is 7. The highest BCUT2D eigenvalue weighted by Gasteiger charge is 2.31. The molecule has 8 nitrogen and oxygen atoms in total. The van der Waals surface area contributed by atoms with Crippen LogP contribution in [-0.2, 0) is 16.8 Å². The Morgan fingerprint density at radius 3 is 2.68 bits per heavy atom. The monoisotopic (exact) mass is 548 g/mol. The highest BCUT2D eigenvalue weighted by Crippen LogP contribution is 2.31. The molecular formula is C25H22ClF2N5O3S. The Hall–Kier alpha value is -3.70. The summed E-state index contributed by atoms with van der Waals surface area (Å²) in [4.78, 5) is 37.8. The summed E-state index contributed by atoms with van der Waals surface area (Å²) in [6.45, 7) is 1.56. The molecule has 0 saturated carbocycles. The van der Waals surface area contributed by atoms with E-state index in [4.69, 9.17) is 26.2 Å². The predicted molar refractivity (Wildman–Crippen MR) is 136 cm³/mol. The van der Waals surface area contributed by atoms with Crippen LogP contribution in [0.3, 0.4) is 0 Å². The Kier molecular flexibility index (Phi) is 6.07. The number of rotatable bonds is 7. The van der Waals surface area contributed by atoms with Gasteiger partial charge < -0.3 is 10.5 Å². The molecule has 0 unspecified atom stereocenters. The van der Waals surface area contributed by atoms with Gasteiger partial charge in [0.2, 0.25) is 5.91 Å². The van der Waals surface area contributed by atoms with Crippen molar-refractivity contribution in [3.63, 3.8) is 0 Å². The zero-order valence-corrected chi connectivity index (χ0v) is 21.4. The molecule has 4 aromatic rings. The molecule has 0 aliphatic heterocycles. The van der Waals surface area contributed by atoms with Crippen LogP contribution in [-0.4, -0.2) is 25.4 Å². The molecule has 37 heavy (non-hydrogen) atoms. The third-order valence-electron chi connectivity index (χ3n) is 5.60. The number of nitrogens with two attached hydrogens (primary N) is 1. The highest BCUT2D eigenvalue weighted by molar-refractivity contribution is 7.10. The van der Waals surface area contributed by atoms with Gasteiger partial charge in [-0.15, -0.1) is 11.3 Å². The molecule has 4 heterocycles. The minimum Gasteiger partial charge on any atom is -0.485 e. The van der Waals surface area contributed by atoms with E-state index in [0.717, 1.165) is 16.8 Å². The largest absolute Gasteiger partial charge is 0.485 e. The lowest BCUT2D eigenvalue weighted by Gasteiger charge is -2.17. The fraction of sp³-hybridized carbons (Fsp3) is 0.240. The van der Waals surface area contributed by atoms with Gasteiger partial charge in [-0.1, -0.05) is 11.6 Å². The fourth-order valence-electron chi connectivity index (χ4n) is 3.28. The summed E-state index contributed by atoms with van der Waals surface area (Å²) >= 11 is 7.51. The van der Waals surface area contributed by atoms with E-state index >= 15 is 0 Å². The zero-order valence-electron chi connectivity index (χ0n) is 22.8. The minimum absolute atomic E-state index is 0.171. The van der Waals surface area contributed by atoms with Crippen molar-refractivity contribution >= 4 is 28.8 Å². The van der Waals surface area contributed by atoms with Crippen LogP contribution in [0.25, 0.3) is 17.1 Å². The number of nitrogens with zero attached hydrogens (tertiary/aromatic N) is 4. The van der Waals surface area contributed by atoms with Gasteiger partial charge in [-0.3, -0.25) is 24.1 Å². The molecule has 12 heteroatoms. The zero-order chi connectivity index (χ0) is 29.6. The van der Waals surface area contributed by atoms with Gasteiger partial charge in [-0.2, -0.15) is 0 Å². The third-order valence-corrected chi connectivity index (χ3v) is 7.11. The third kappa shape index (κ3) is 5.09. The Bertz CT molecular complexity index is 1690. The normalized spacial score (nSPS) is 13.1. The van der Waals surface area contributed by atoms with Crippen molar-refractivity contribution < 1.29 is 22.4 Å². The van der Waals surface area contributed by atoms with Crippen molar-refractivity contribution in [3.05, 3.63) is 84.9 Å². The van der Waals surface area contributed by atoms with Gasteiger partial charge in [-0.05, 0) is 39.3 Å². The molecule has 2 N–H and O–H groups in total. The Balaban J connectivity index is 1.81. The highest BCUT2D eigenvalue weighted by atomic mass is 35.5. The van der Waals surface area contributed by atoms with E-state index in [0.29, 0.717) is 28.0 Å². The molecule has 0 spiro atoms. The first-order valence-corrected chi connectivity index (χ1v) is 12.0. The van der Waals surface area contributed by atoms with Crippen LogP contribution < -0.4 is 16.0 Å². The van der Waals surface area contributed by atoms with Crippen molar-refractivity contribution in [2.24, 2.45) is 5.73 Å². The number of pyridine rings is 3. The standard InChI is InChI=1S/C25H22ClF2N5O3S/c1-12-8-30-16(18-11-37-24(32-18)25(3,4)23(29)35)7-19(12)33-13(2)5-20(21(26)22(33)34)36-10-17-15(28)6-14(27)9-31-17/h5-9,11H,10H2,1-4H3,(H2,29,35)/i2D3. The fourth-order valence-corrected chi connectivity index (χ4v) is 4.42. The van der Waals surface area contributed by atoms with Crippen LogP contribution in [0.4, 0.5) is 8.78 Å². The van der Waals surface area contributed by atoms with Crippen molar-refractivity contribution in [1.82, 2.24) is 19.5 Å². The molecule has 192 valence electrons. The lowest BCUT2D eigenvalue weighted by atomic mass is 9.94. The quantitative estimate of drug-likeness (QED) is 0.360. The number of halogens is 3. The molecular weight excluding hydrogens is 524 g/mol. The first-order valence-electron chi connectivity index (χ1n) is 12.2. The molecule has 0 radical (unpaired) electrons. The number of aryl methyl sites for hydroxylation is 2. The van der Waals surface area contributed by atoms with Crippen LogP contribution in [0.15, 0.2) is 40.8 Å². The Morgan fingerprint density at radius 2 is 2.00 bits per heavy atom. The number of carbonyl (C=O) groups is 1. The molecule has 1 amide bonds. The predicted octanol–water partition coefficient (Wildman–Crippen LogP) is 4.64. The van der Waals surface area contributed by atoms with Crippen molar-refractivity contribution in [2.75, 3.05) is 0 Å². The number of aromatic nitrogens is 4. The van der Waals surface area contributed by atoms with E-state index in [9.17, 15) is 18.4 Å². The maximum absolute atomic E-state index is 14.0. The van der Waals surface area contributed by atoms with Crippen LogP contribution in [0, 0.1) is 25.4 Å². The SMILES string of the molecule is [2H]C([2H])([2H])c1cc(OCc2ncc(F)cc2F)c(Cl)c(=O)n1-c1cc(-c2csc(C(C)(C)C(N)=O)n2)ncc1C. The molecule has 0 aliphatic rings. The molecule has 4 rings (SSSR count). The number of ether oxygens (including phenoxy) is 1. The Morgan fingerprint density at radius 1 is 1.24 bits per heavy atom. The summed E-state index contributed by atoms with van der Waals surface area (Å²) in [7, 11) is 0. The molecule has 4 aromatic heterocycles. The van der Waals surface area contributed by atoms with Gasteiger partial charge in [0.25, 0.3) is 5.56 Å². The van der Waals surface area contributed by atoms with Gasteiger partial charge in [0, 0.05) is 33.5 Å². The van der Waals surface area contributed by atoms with Crippen LogP contribution >= 0.6 is 22.9 Å². The van der Waals surface area contributed by atoms with E-state index < -0.39 is 52.7 Å². The molecule has 0 bridgehead atoms. The van der Waals surface area contributed by atoms with E-state index in [-0.39, 0.29) is 17.1 Å². The summed E-state index contributed by atoms with van der Waals surface area (Å²) in [5, 5.41) is 1.66. The first kappa shape index (κ1) is 22.5. The smallest absolute Gasteiger partial charge is 0.277 e. The minimum atomic E-state index is -2.81. The average Bonchev–Trinajstić information content (AvgIpc) is 3.37. The van der Waals surface area contributed by atoms with Gasteiger partial charge in [0.05, 0.1) is 28.7 Å².